The van der Waals surface area contributed by atoms with Gasteiger partial charge >= 0.3 is 0 Å². The van der Waals surface area contributed by atoms with E-state index in [9.17, 15) is 0 Å². The Kier molecular flexibility index (Phi) is 3.89. The summed E-state index contributed by atoms with van der Waals surface area (Å²) in [5.41, 5.74) is 1.99. The SMILES string of the molecule is CCN(CC)CC1CN(c2ccc3nncn3n2)Cc2ccnn21. The molecule has 8 heteroatoms. The molecule has 126 valence electrons. The Morgan fingerprint density at radius 2 is 2.08 bits per heavy atom. The van der Waals surface area contributed by atoms with Gasteiger partial charge in [0.25, 0.3) is 0 Å². The molecule has 0 aromatic carbocycles. The third-order valence-corrected chi connectivity index (χ3v) is 4.72. The molecule has 1 unspecified atom stereocenters. The van der Waals surface area contributed by atoms with Crippen LogP contribution in [-0.2, 0) is 6.54 Å². The molecule has 4 rings (SSSR count). The molecule has 1 aliphatic heterocycles. The maximum atomic E-state index is 4.64. The van der Waals surface area contributed by atoms with E-state index in [2.05, 4.69) is 54.8 Å². The molecule has 24 heavy (non-hydrogen) atoms. The molecule has 1 aliphatic rings. The van der Waals surface area contributed by atoms with E-state index < -0.39 is 0 Å². The van der Waals surface area contributed by atoms with Crippen LogP contribution in [0.3, 0.4) is 0 Å². The van der Waals surface area contributed by atoms with Gasteiger partial charge in [-0.05, 0) is 31.3 Å². The van der Waals surface area contributed by atoms with E-state index in [-0.39, 0.29) is 0 Å². The predicted molar refractivity (Wildman–Crippen MR) is 90.9 cm³/mol. The number of hydrogen-bond acceptors (Lipinski definition) is 6. The number of likely N-dealkylation sites (N-methyl/N-ethyl adjacent to an activating group) is 1. The zero-order chi connectivity index (χ0) is 16.5. The fraction of sp³-hybridized carbons (Fsp3) is 0.500. The number of fused-ring (bicyclic) bond motifs is 2. The van der Waals surface area contributed by atoms with Gasteiger partial charge in [0.1, 0.15) is 12.1 Å². The Morgan fingerprint density at radius 3 is 2.92 bits per heavy atom. The van der Waals surface area contributed by atoms with E-state index in [0.717, 1.165) is 44.2 Å². The molecule has 1 atom stereocenters. The van der Waals surface area contributed by atoms with Gasteiger partial charge in [-0.25, -0.2) is 0 Å². The summed E-state index contributed by atoms with van der Waals surface area (Å²) >= 11 is 0. The molecule has 0 saturated carbocycles. The smallest absolute Gasteiger partial charge is 0.177 e. The summed E-state index contributed by atoms with van der Waals surface area (Å²) < 4.78 is 3.90. The molecule has 0 bridgehead atoms. The fourth-order valence-corrected chi connectivity index (χ4v) is 3.36. The molecule has 3 aromatic heterocycles. The number of anilines is 1. The first-order valence-electron chi connectivity index (χ1n) is 8.45. The number of hydrogen-bond donors (Lipinski definition) is 0. The summed E-state index contributed by atoms with van der Waals surface area (Å²) in [7, 11) is 0. The Balaban J connectivity index is 1.63. The van der Waals surface area contributed by atoms with Gasteiger partial charge in [-0.1, -0.05) is 13.8 Å². The lowest BCUT2D eigenvalue weighted by atomic mass is 10.1. The number of nitrogens with zero attached hydrogens (tertiary/aromatic N) is 8. The Bertz CT molecular complexity index is 818. The largest absolute Gasteiger partial charge is 0.347 e. The maximum absolute atomic E-state index is 4.64. The predicted octanol–water partition coefficient (Wildman–Crippen LogP) is 1.22. The third kappa shape index (κ3) is 2.62. The van der Waals surface area contributed by atoms with Gasteiger partial charge in [0.15, 0.2) is 5.65 Å². The Morgan fingerprint density at radius 1 is 1.21 bits per heavy atom. The van der Waals surface area contributed by atoms with Crippen LogP contribution < -0.4 is 4.90 Å². The van der Waals surface area contributed by atoms with Crippen LogP contribution in [0.5, 0.6) is 0 Å². The number of aromatic nitrogens is 6. The molecule has 0 aliphatic carbocycles. The second kappa shape index (κ2) is 6.20. The molecule has 3 aromatic rings. The van der Waals surface area contributed by atoms with Gasteiger partial charge in [0, 0.05) is 19.3 Å². The lowest BCUT2D eigenvalue weighted by molar-refractivity contribution is 0.233. The summed E-state index contributed by atoms with van der Waals surface area (Å²) in [6, 6.07) is 6.39. The first kappa shape index (κ1) is 15.1. The molecule has 0 saturated heterocycles. The first-order valence-corrected chi connectivity index (χ1v) is 8.45. The molecule has 8 nitrogen and oxygen atoms in total. The maximum Gasteiger partial charge on any atom is 0.177 e. The van der Waals surface area contributed by atoms with Crippen LogP contribution in [0.1, 0.15) is 25.6 Å². The van der Waals surface area contributed by atoms with Crippen molar-refractivity contribution in [2.45, 2.75) is 26.4 Å². The van der Waals surface area contributed by atoms with Crippen LogP contribution in [0.4, 0.5) is 5.82 Å². The number of rotatable bonds is 5. The van der Waals surface area contributed by atoms with Crippen molar-refractivity contribution < 1.29 is 0 Å². The summed E-state index contributed by atoms with van der Waals surface area (Å²) in [5.74, 6) is 0.944. The van der Waals surface area contributed by atoms with E-state index in [1.54, 1.807) is 10.8 Å². The van der Waals surface area contributed by atoms with Crippen molar-refractivity contribution in [3.63, 3.8) is 0 Å². The molecule has 0 amide bonds. The van der Waals surface area contributed by atoms with Gasteiger partial charge in [0.2, 0.25) is 0 Å². The highest BCUT2D eigenvalue weighted by molar-refractivity contribution is 5.46. The molecular weight excluding hydrogens is 304 g/mol. The highest BCUT2D eigenvalue weighted by Gasteiger charge is 2.27. The van der Waals surface area contributed by atoms with E-state index in [1.807, 2.05) is 18.3 Å². The second-order valence-electron chi connectivity index (χ2n) is 6.11. The minimum absolute atomic E-state index is 0.321. The summed E-state index contributed by atoms with van der Waals surface area (Å²) in [5, 5.41) is 17.1. The first-order chi connectivity index (χ1) is 11.8. The summed E-state index contributed by atoms with van der Waals surface area (Å²) in [6.45, 7) is 9.21. The van der Waals surface area contributed by atoms with Crippen molar-refractivity contribution in [1.29, 1.82) is 0 Å². The summed E-state index contributed by atoms with van der Waals surface area (Å²) in [4.78, 5) is 4.75. The fourth-order valence-electron chi connectivity index (χ4n) is 3.36. The molecular formula is C16H22N8. The van der Waals surface area contributed by atoms with Crippen molar-refractivity contribution in [3.8, 4) is 0 Å². The average molecular weight is 326 g/mol. The molecule has 0 N–H and O–H groups in total. The van der Waals surface area contributed by atoms with E-state index in [1.165, 1.54) is 5.69 Å². The van der Waals surface area contributed by atoms with Gasteiger partial charge < -0.3 is 9.80 Å². The lowest BCUT2D eigenvalue weighted by Crippen LogP contribution is -2.43. The Labute approximate surface area is 140 Å². The minimum Gasteiger partial charge on any atom is -0.347 e. The van der Waals surface area contributed by atoms with Gasteiger partial charge in [0.05, 0.1) is 18.3 Å². The van der Waals surface area contributed by atoms with Gasteiger partial charge in [-0.3, -0.25) is 4.68 Å². The second-order valence-corrected chi connectivity index (χ2v) is 6.11. The van der Waals surface area contributed by atoms with Crippen molar-refractivity contribution in [3.05, 3.63) is 36.4 Å². The molecule has 0 fully saturated rings. The molecule has 0 spiro atoms. The van der Waals surface area contributed by atoms with E-state index in [4.69, 9.17) is 0 Å². The van der Waals surface area contributed by atoms with Crippen LogP contribution >= 0.6 is 0 Å². The van der Waals surface area contributed by atoms with Gasteiger partial charge in [-0.15, -0.1) is 15.3 Å². The van der Waals surface area contributed by atoms with Crippen LogP contribution in [0, 0.1) is 0 Å². The monoisotopic (exact) mass is 326 g/mol. The zero-order valence-electron chi connectivity index (χ0n) is 14.1. The lowest BCUT2D eigenvalue weighted by Gasteiger charge is -2.36. The highest BCUT2D eigenvalue weighted by Crippen LogP contribution is 2.25. The van der Waals surface area contributed by atoms with Crippen LogP contribution in [0.25, 0.3) is 5.65 Å². The third-order valence-electron chi connectivity index (χ3n) is 4.72. The zero-order valence-corrected chi connectivity index (χ0v) is 14.1. The van der Waals surface area contributed by atoms with Crippen LogP contribution in [0.15, 0.2) is 30.7 Å². The normalized spacial score (nSPS) is 17.6. The van der Waals surface area contributed by atoms with Crippen LogP contribution in [0.2, 0.25) is 0 Å². The van der Waals surface area contributed by atoms with E-state index in [0.29, 0.717) is 6.04 Å². The Hall–Kier alpha value is -2.48. The molecule has 0 radical (unpaired) electrons. The van der Waals surface area contributed by atoms with Crippen molar-refractivity contribution in [2.75, 3.05) is 31.1 Å². The van der Waals surface area contributed by atoms with Crippen molar-refractivity contribution >= 4 is 11.5 Å². The summed E-state index contributed by atoms with van der Waals surface area (Å²) in [6.07, 6.45) is 3.53. The molecule has 4 heterocycles. The topological polar surface area (TPSA) is 67.4 Å². The van der Waals surface area contributed by atoms with Crippen LogP contribution in [-0.4, -0.2) is 60.7 Å². The standard InChI is InChI=1S/C16H22N8/c1-3-21(4-2)9-14-11-22(10-13-7-8-18-24(13)14)16-6-5-15-19-17-12-23(15)20-16/h5-8,12,14H,3-4,9-11H2,1-2H3. The van der Waals surface area contributed by atoms with Gasteiger partial charge in [-0.2, -0.15) is 9.61 Å². The minimum atomic E-state index is 0.321. The van der Waals surface area contributed by atoms with E-state index >= 15 is 0 Å². The quantitative estimate of drug-likeness (QED) is 0.702. The van der Waals surface area contributed by atoms with Crippen molar-refractivity contribution in [2.24, 2.45) is 0 Å². The highest BCUT2D eigenvalue weighted by atomic mass is 15.4. The van der Waals surface area contributed by atoms with Crippen molar-refractivity contribution in [1.82, 2.24) is 34.5 Å². The average Bonchev–Trinajstić information content (AvgIpc) is 3.27.